The lowest BCUT2D eigenvalue weighted by molar-refractivity contribution is -0.147. The summed E-state index contributed by atoms with van der Waals surface area (Å²) in [6.07, 6.45) is 5.54. The largest absolute Gasteiger partial charge is 0.481 e. The number of nitrogens with one attached hydrogen (secondary N) is 1. The predicted molar refractivity (Wildman–Crippen MR) is 79.3 cm³/mol. The van der Waals surface area contributed by atoms with E-state index in [0.717, 1.165) is 6.42 Å². The topological polar surface area (TPSA) is 66.4 Å². The van der Waals surface area contributed by atoms with Crippen LogP contribution in [0, 0.1) is 17.3 Å². The number of carboxylic acids is 1. The van der Waals surface area contributed by atoms with Crippen molar-refractivity contribution in [3.8, 4) is 0 Å². The van der Waals surface area contributed by atoms with Gasteiger partial charge in [-0.1, -0.05) is 32.9 Å². The number of amides is 1. The van der Waals surface area contributed by atoms with Gasteiger partial charge in [0.15, 0.2) is 0 Å². The number of hydrogen-bond donors (Lipinski definition) is 2. The molecule has 20 heavy (non-hydrogen) atoms. The Morgan fingerprint density at radius 2 is 1.60 bits per heavy atom. The maximum Gasteiger partial charge on any atom is 0.307 e. The smallest absolute Gasteiger partial charge is 0.307 e. The molecular weight excluding hydrogens is 254 g/mol. The zero-order valence-corrected chi connectivity index (χ0v) is 13.2. The van der Waals surface area contributed by atoms with Crippen molar-refractivity contribution in [1.82, 2.24) is 5.32 Å². The molecule has 0 fully saturated rings. The zero-order valence-electron chi connectivity index (χ0n) is 13.2. The first-order chi connectivity index (χ1) is 9.02. The first kappa shape index (κ1) is 16.7. The Balaban J connectivity index is 2.74. The van der Waals surface area contributed by atoms with Crippen LogP contribution in [0.4, 0.5) is 0 Å². The summed E-state index contributed by atoms with van der Waals surface area (Å²) in [5.74, 6) is -2.10. The first-order valence-electron chi connectivity index (χ1n) is 7.22. The molecule has 1 aliphatic rings. The highest BCUT2D eigenvalue weighted by Crippen LogP contribution is 2.30. The molecule has 0 saturated heterocycles. The van der Waals surface area contributed by atoms with Gasteiger partial charge in [-0.25, -0.2) is 0 Å². The molecular formula is C16H27NO3. The minimum atomic E-state index is -0.886. The van der Waals surface area contributed by atoms with Crippen LogP contribution < -0.4 is 5.32 Å². The summed E-state index contributed by atoms with van der Waals surface area (Å²) in [5.41, 5.74) is -0.227. The molecule has 1 amide bonds. The number of carboxylic acid groups (broad SMARTS) is 1. The second-order valence-corrected chi connectivity index (χ2v) is 7.60. The van der Waals surface area contributed by atoms with E-state index in [4.69, 9.17) is 0 Å². The van der Waals surface area contributed by atoms with Crippen LogP contribution >= 0.6 is 0 Å². The molecule has 0 spiro atoms. The molecule has 0 aromatic carbocycles. The van der Waals surface area contributed by atoms with Crippen LogP contribution in [-0.2, 0) is 9.59 Å². The lowest BCUT2D eigenvalue weighted by Crippen LogP contribution is -2.50. The van der Waals surface area contributed by atoms with Gasteiger partial charge in [0.05, 0.1) is 11.8 Å². The van der Waals surface area contributed by atoms with Gasteiger partial charge >= 0.3 is 5.97 Å². The average molecular weight is 281 g/mol. The fourth-order valence-corrected chi connectivity index (χ4v) is 3.17. The van der Waals surface area contributed by atoms with Crippen molar-refractivity contribution in [2.24, 2.45) is 17.3 Å². The van der Waals surface area contributed by atoms with Gasteiger partial charge in [-0.2, -0.15) is 0 Å². The Morgan fingerprint density at radius 3 is 2.05 bits per heavy atom. The molecule has 4 heteroatoms. The van der Waals surface area contributed by atoms with Gasteiger partial charge in [-0.3, -0.25) is 9.59 Å². The molecule has 0 aromatic heterocycles. The number of rotatable bonds is 4. The SMILES string of the molecule is CC(C)(C)CC(C)(C)NC(=O)[C@@H]1CC=CC[C@@H]1C(=O)O. The molecule has 0 saturated carbocycles. The number of carbonyl (C=O) groups is 2. The molecule has 1 aliphatic carbocycles. The van der Waals surface area contributed by atoms with Gasteiger partial charge in [0.25, 0.3) is 0 Å². The number of hydrogen-bond acceptors (Lipinski definition) is 2. The van der Waals surface area contributed by atoms with E-state index in [2.05, 4.69) is 26.1 Å². The third kappa shape index (κ3) is 4.99. The van der Waals surface area contributed by atoms with Gasteiger partial charge < -0.3 is 10.4 Å². The fraction of sp³-hybridized carbons (Fsp3) is 0.750. The summed E-state index contributed by atoms with van der Waals surface area (Å²) in [4.78, 5) is 23.7. The maximum absolute atomic E-state index is 12.4. The van der Waals surface area contributed by atoms with Crippen LogP contribution in [0.5, 0.6) is 0 Å². The number of aliphatic carboxylic acids is 1. The highest BCUT2D eigenvalue weighted by Gasteiger charge is 2.36. The minimum absolute atomic E-state index is 0.107. The second-order valence-electron chi connectivity index (χ2n) is 7.60. The summed E-state index contributed by atoms with van der Waals surface area (Å²) in [6, 6.07) is 0. The Labute approximate surface area is 121 Å². The molecule has 1 rings (SSSR count). The number of allylic oxidation sites excluding steroid dienone is 2. The van der Waals surface area contributed by atoms with Crippen LogP contribution in [0.25, 0.3) is 0 Å². The van der Waals surface area contributed by atoms with E-state index in [1.165, 1.54) is 0 Å². The van der Waals surface area contributed by atoms with E-state index in [9.17, 15) is 14.7 Å². The minimum Gasteiger partial charge on any atom is -0.481 e. The molecule has 0 unspecified atom stereocenters. The zero-order chi connectivity index (χ0) is 15.6. The molecule has 4 nitrogen and oxygen atoms in total. The highest BCUT2D eigenvalue weighted by molar-refractivity contribution is 5.85. The third-order valence-electron chi connectivity index (χ3n) is 3.52. The van der Waals surface area contributed by atoms with Crippen molar-refractivity contribution in [2.45, 2.75) is 59.4 Å². The summed E-state index contributed by atoms with van der Waals surface area (Å²) in [5, 5.41) is 12.3. The summed E-state index contributed by atoms with van der Waals surface area (Å²) < 4.78 is 0. The average Bonchev–Trinajstić information content (AvgIpc) is 2.24. The Bertz CT molecular complexity index is 404. The van der Waals surface area contributed by atoms with Crippen molar-refractivity contribution >= 4 is 11.9 Å². The third-order valence-corrected chi connectivity index (χ3v) is 3.52. The van der Waals surface area contributed by atoms with Crippen molar-refractivity contribution in [3.63, 3.8) is 0 Å². The molecule has 2 atom stereocenters. The molecule has 0 bridgehead atoms. The lowest BCUT2D eigenvalue weighted by atomic mass is 9.79. The van der Waals surface area contributed by atoms with Crippen molar-refractivity contribution in [1.29, 1.82) is 0 Å². The van der Waals surface area contributed by atoms with E-state index in [-0.39, 0.29) is 16.9 Å². The quantitative estimate of drug-likeness (QED) is 0.778. The molecule has 2 N–H and O–H groups in total. The van der Waals surface area contributed by atoms with Crippen LogP contribution in [0.3, 0.4) is 0 Å². The Hall–Kier alpha value is -1.32. The van der Waals surface area contributed by atoms with Gasteiger partial charge in [0, 0.05) is 5.54 Å². The van der Waals surface area contributed by atoms with Crippen LogP contribution in [0.15, 0.2) is 12.2 Å². The fourth-order valence-electron chi connectivity index (χ4n) is 3.17. The van der Waals surface area contributed by atoms with Crippen LogP contribution in [0.2, 0.25) is 0 Å². The summed E-state index contributed by atoms with van der Waals surface area (Å²) >= 11 is 0. The standard InChI is InChI=1S/C16H27NO3/c1-15(2,3)10-16(4,5)17-13(18)11-8-6-7-9-12(11)14(19)20/h6-7,11-12H,8-10H2,1-5H3,(H,17,18)(H,19,20)/t11-,12+/m1/s1. The van der Waals surface area contributed by atoms with Crippen LogP contribution in [-0.4, -0.2) is 22.5 Å². The molecule has 0 aromatic rings. The van der Waals surface area contributed by atoms with Crippen molar-refractivity contribution < 1.29 is 14.7 Å². The van der Waals surface area contributed by atoms with Gasteiger partial charge in [0.1, 0.15) is 0 Å². The highest BCUT2D eigenvalue weighted by atomic mass is 16.4. The second kappa shape index (κ2) is 5.98. The van der Waals surface area contributed by atoms with E-state index >= 15 is 0 Å². The normalized spacial score (nSPS) is 23.4. The first-order valence-corrected chi connectivity index (χ1v) is 7.22. The van der Waals surface area contributed by atoms with E-state index in [1.54, 1.807) is 0 Å². The predicted octanol–water partition coefficient (Wildman–Crippen LogP) is 2.98. The Morgan fingerprint density at radius 1 is 1.10 bits per heavy atom. The summed E-state index contributed by atoms with van der Waals surface area (Å²) in [6.45, 7) is 10.4. The van der Waals surface area contributed by atoms with Crippen molar-refractivity contribution in [3.05, 3.63) is 12.2 Å². The maximum atomic E-state index is 12.4. The molecule has 0 radical (unpaired) electrons. The Kier molecular flexibility index (Phi) is 5.00. The molecule has 0 aliphatic heterocycles. The van der Waals surface area contributed by atoms with Gasteiger partial charge in [-0.05, 0) is 38.5 Å². The lowest BCUT2D eigenvalue weighted by Gasteiger charge is -2.35. The van der Waals surface area contributed by atoms with Gasteiger partial charge in [0.2, 0.25) is 5.91 Å². The van der Waals surface area contributed by atoms with E-state index < -0.39 is 17.8 Å². The van der Waals surface area contributed by atoms with E-state index in [1.807, 2.05) is 26.0 Å². The van der Waals surface area contributed by atoms with Crippen molar-refractivity contribution in [2.75, 3.05) is 0 Å². The number of carbonyl (C=O) groups excluding carboxylic acids is 1. The summed E-state index contributed by atoms with van der Waals surface area (Å²) in [7, 11) is 0. The van der Waals surface area contributed by atoms with Crippen LogP contribution in [0.1, 0.15) is 53.9 Å². The van der Waals surface area contributed by atoms with Gasteiger partial charge in [-0.15, -0.1) is 0 Å². The van der Waals surface area contributed by atoms with E-state index in [0.29, 0.717) is 12.8 Å². The molecule has 114 valence electrons. The monoisotopic (exact) mass is 281 g/mol. The molecule has 0 heterocycles.